The Labute approximate surface area is 206 Å². The number of rotatable bonds is 5. The molecule has 0 aliphatic rings. The molecule has 0 aliphatic carbocycles. The lowest BCUT2D eigenvalue weighted by molar-refractivity contribution is -0.143. The lowest BCUT2D eigenvalue weighted by atomic mass is 10.0. The van der Waals surface area contributed by atoms with E-state index in [1.807, 2.05) is 0 Å². The summed E-state index contributed by atoms with van der Waals surface area (Å²) >= 11 is 0. The second kappa shape index (κ2) is 9.07. The van der Waals surface area contributed by atoms with E-state index in [1.165, 1.54) is 48.8 Å². The number of hydrogen-bond donors (Lipinski definition) is 3. The van der Waals surface area contributed by atoms with Crippen molar-refractivity contribution in [2.75, 3.05) is 11.1 Å². The van der Waals surface area contributed by atoms with Crippen molar-refractivity contribution >= 4 is 27.1 Å². The smallest absolute Gasteiger partial charge is 0.416 e. The number of phenolic OH excluding ortho intramolecular Hbond substituents is 1. The summed E-state index contributed by atoms with van der Waals surface area (Å²) in [5.41, 5.74) is 2.14. The zero-order valence-electron chi connectivity index (χ0n) is 18.5. The molecule has 0 saturated heterocycles. The Morgan fingerprint density at radius 2 is 1.35 bits per heavy atom. The van der Waals surface area contributed by atoms with Crippen molar-refractivity contribution in [3.63, 3.8) is 0 Å². The Kier molecular flexibility index (Phi) is 6.36. The summed E-state index contributed by atoms with van der Waals surface area (Å²) in [6.45, 7) is 0. The number of aromatic hydroxyl groups is 1. The number of anilines is 3. The molecule has 0 amide bonds. The lowest BCUT2D eigenvalue weighted by Gasteiger charge is -2.19. The van der Waals surface area contributed by atoms with Gasteiger partial charge in [0, 0.05) is 35.4 Å². The van der Waals surface area contributed by atoms with Crippen LogP contribution in [0.4, 0.5) is 43.4 Å². The van der Waals surface area contributed by atoms with E-state index in [0.717, 1.165) is 16.1 Å². The number of nitrogen functional groups attached to an aromatic ring is 1. The maximum atomic E-state index is 13.4. The quantitative estimate of drug-likeness (QED) is 0.199. The SMILES string of the molecule is Nc1ccc(-c2cc(S(=O)(=O)n3cccc3)c(Nc3cc(C(F)(F)F)cc(C(F)(F)F)c3)cc2O)cc1. The Bertz CT molecular complexity index is 1510. The lowest BCUT2D eigenvalue weighted by Crippen LogP contribution is -2.14. The highest BCUT2D eigenvalue weighted by atomic mass is 32.2. The first-order chi connectivity index (χ1) is 17.2. The minimum atomic E-state index is -5.11. The maximum Gasteiger partial charge on any atom is 0.416 e. The maximum absolute atomic E-state index is 13.4. The van der Waals surface area contributed by atoms with Crippen LogP contribution in [-0.4, -0.2) is 17.5 Å². The van der Waals surface area contributed by atoms with Crippen molar-refractivity contribution in [3.8, 4) is 16.9 Å². The largest absolute Gasteiger partial charge is 0.507 e. The fourth-order valence-corrected chi connectivity index (χ4v) is 4.89. The molecule has 0 unspecified atom stereocenters. The van der Waals surface area contributed by atoms with Crippen molar-refractivity contribution < 1.29 is 39.9 Å². The van der Waals surface area contributed by atoms with Gasteiger partial charge in [-0.1, -0.05) is 12.1 Å². The number of nitrogens with two attached hydrogens (primary N) is 1. The summed E-state index contributed by atoms with van der Waals surface area (Å²) < 4.78 is 107. The van der Waals surface area contributed by atoms with E-state index in [1.54, 1.807) is 0 Å². The predicted octanol–water partition coefficient (Wildman–Crippen LogP) is 6.46. The van der Waals surface area contributed by atoms with Gasteiger partial charge in [0.1, 0.15) is 10.6 Å². The molecule has 0 saturated carbocycles. The van der Waals surface area contributed by atoms with E-state index in [0.29, 0.717) is 23.4 Å². The monoisotopic (exact) mass is 541 g/mol. The van der Waals surface area contributed by atoms with Gasteiger partial charge in [-0.3, -0.25) is 0 Å². The van der Waals surface area contributed by atoms with E-state index >= 15 is 0 Å². The van der Waals surface area contributed by atoms with E-state index in [2.05, 4.69) is 5.32 Å². The summed E-state index contributed by atoms with van der Waals surface area (Å²) in [6, 6.07) is 11.6. The van der Waals surface area contributed by atoms with E-state index < -0.39 is 55.5 Å². The second-order valence-corrected chi connectivity index (χ2v) is 9.74. The molecule has 13 heteroatoms. The molecule has 4 N–H and O–H groups in total. The van der Waals surface area contributed by atoms with Gasteiger partial charge >= 0.3 is 12.4 Å². The van der Waals surface area contributed by atoms with Gasteiger partial charge in [-0.25, -0.2) is 12.4 Å². The van der Waals surface area contributed by atoms with Crippen LogP contribution in [0.15, 0.2) is 84.0 Å². The highest BCUT2D eigenvalue weighted by Gasteiger charge is 2.37. The van der Waals surface area contributed by atoms with Crippen molar-refractivity contribution in [1.29, 1.82) is 0 Å². The summed E-state index contributed by atoms with van der Waals surface area (Å²) in [4.78, 5) is -0.515. The molecule has 1 aromatic heterocycles. The van der Waals surface area contributed by atoms with E-state index in [-0.39, 0.29) is 11.6 Å². The molecule has 0 bridgehead atoms. The van der Waals surface area contributed by atoms with Gasteiger partial charge in [-0.15, -0.1) is 0 Å². The number of aromatic nitrogens is 1. The van der Waals surface area contributed by atoms with Gasteiger partial charge in [-0.2, -0.15) is 26.3 Å². The number of hydrogen-bond acceptors (Lipinski definition) is 5. The number of halogens is 6. The molecular formula is C24H17F6N3O3S. The van der Waals surface area contributed by atoms with E-state index in [4.69, 9.17) is 5.73 Å². The summed E-state index contributed by atoms with van der Waals surface area (Å²) in [7, 11) is -4.40. The topological polar surface area (TPSA) is 97.4 Å². The third-order valence-electron chi connectivity index (χ3n) is 5.32. The first-order valence-electron chi connectivity index (χ1n) is 10.3. The minimum Gasteiger partial charge on any atom is -0.507 e. The van der Waals surface area contributed by atoms with E-state index in [9.17, 15) is 39.9 Å². The normalized spacial score (nSPS) is 12.5. The first kappa shape index (κ1) is 25.9. The van der Waals surface area contributed by atoms with Crippen LogP contribution in [0, 0.1) is 0 Å². The van der Waals surface area contributed by atoms with Crippen molar-refractivity contribution in [3.05, 3.63) is 90.3 Å². The fraction of sp³-hybridized carbons (Fsp3) is 0.0833. The number of phenols is 1. The third-order valence-corrected chi connectivity index (χ3v) is 7.01. The molecule has 0 fully saturated rings. The van der Waals surface area contributed by atoms with Crippen LogP contribution in [0.3, 0.4) is 0 Å². The van der Waals surface area contributed by atoms with Crippen LogP contribution in [0.25, 0.3) is 11.1 Å². The molecule has 4 rings (SSSR count). The molecule has 194 valence electrons. The van der Waals surface area contributed by atoms with Crippen LogP contribution in [-0.2, 0) is 22.4 Å². The van der Waals surface area contributed by atoms with Crippen LogP contribution in [0.5, 0.6) is 5.75 Å². The third kappa shape index (κ3) is 5.35. The fourth-order valence-electron chi connectivity index (χ4n) is 3.55. The Hall–Kier alpha value is -4.13. The molecule has 0 spiro atoms. The molecule has 0 radical (unpaired) electrons. The molecule has 0 aliphatic heterocycles. The highest BCUT2D eigenvalue weighted by molar-refractivity contribution is 7.90. The summed E-state index contributed by atoms with van der Waals surface area (Å²) in [5.74, 6) is -0.484. The van der Waals surface area contributed by atoms with Gasteiger partial charge in [0.25, 0.3) is 10.0 Å². The standard InChI is InChI=1S/C24H17F6N3O3S/c25-23(26,27)15-9-16(24(28,29)30)11-18(10-15)32-20-13-21(34)19(14-3-5-17(31)6-4-14)12-22(20)37(35,36)33-7-1-2-8-33/h1-13,32,34H,31H2. The molecule has 6 nitrogen and oxygen atoms in total. The molecule has 1 heterocycles. The zero-order valence-corrected chi connectivity index (χ0v) is 19.3. The van der Waals surface area contributed by atoms with Gasteiger partial charge in [0.05, 0.1) is 16.8 Å². The molecule has 37 heavy (non-hydrogen) atoms. The number of nitrogens with one attached hydrogen (secondary N) is 1. The number of nitrogens with zero attached hydrogens (tertiary/aromatic N) is 1. The summed E-state index contributed by atoms with van der Waals surface area (Å²) in [6.07, 6.45) is -7.83. The summed E-state index contributed by atoms with van der Waals surface area (Å²) in [5, 5.41) is 13.0. The molecule has 3 aromatic carbocycles. The predicted molar refractivity (Wildman–Crippen MR) is 125 cm³/mol. The number of alkyl halides is 6. The Morgan fingerprint density at radius 3 is 1.86 bits per heavy atom. The molecular weight excluding hydrogens is 524 g/mol. The van der Waals surface area contributed by atoms with Crippen molar-refractivity contribution in [2.45, 2.75) is 17.2 Å². The van der Waals surface area contributed by atoms with Crippen LogP contribution >= 0.6 is 0 Å². The zero-order chi connectivity index (χ0) is 27.2. The second-order valence-electron chi connectivity index (χ2n) is 7.93. The van der Waals surface area contributed by atoms with Crippen LogP contribution in [0.2, 0.25) is 0 Å². The van der Waals surface area contributed by atoms with Crippen molar-refractivity contribution in [1.82, 2.24) is 3.97 Å². The van der Waals surface area contributed by atoms with Gasteiger partial charge in [0.15, 0.2) is 0 Å². The van der Waals surface area contributed by atoms with Gasteiger partial charge < -0.3 is 16.2 Å². The average molecular weight is 541 g/mol. The number of benzene rings is 3. The first-order valence-corrected chi connectivity index (χ1v) is 11.8. The van der Waals surface area contributed by atoms with Gasteiger partial charge in [0.2, 0.25) is 0 Å². The molecule has 4 aromatic rings. The highest BCUT2D eigenvalue weighted by Crippen LogP contribution is 2.41. The minimum absolute atomic E-state index is 0.0382. The Balaban J connectivity index is 1.93. The average Bonchev–Trinajstić information content (AvgIpc) is 3.34. The van der Waals surface area contributed by atoms with Gasteiger partial charge in [-0.05, 0) is 54.1 Å². The van der Waals surface area contributed by atoms with Crippen molar-refractivity contribution in [2.24, 2.45) is 0 Å². The Morgan fingerprint density at radius 1 is 0.811 bits per heavy atom. The molecule has 0 atom stereocenters. The van der Waals surface area contributed by atoms with Crippen LogP contribution in [0.1, 0.15) is 11.1 Å². The van der Waals surface area contributed by atoms with Crippen LogP contribution < -0.4 is 11.1 Å².